The first kappa shape index (κ1) is 80.0. The van der Waals surface area contributed by atoms with Crippen molar-refractivity contribution in [2.24, 2.45) is 0 Å². The maximum absolute atomic E-state index is 11.3. The van der Waals surface area contributed by atoms with Gasteiger partial charge in [0.25, 0.3) is 0 Å². The molecule has 0 spiro atoms. The molecule has 0 aliphatic rings. The second kappa shape index (κ2) is 79.0. The van der Waals surface area contributed by atoms with Crippen molar-refractivity contribution in [1.29, 1.82) is 0 Å². The second-order valence-electron chi connectivity index (χ2n) is 20.0. The van der Waals surface area contributed by atoms with E-state index in [1.54, 1.807) is 0 Å². The zero-order valence-corrected chi connectivity index (χ0v) is 55.4. The van der Waals surface area contributed by atoms with Crippen LogP contribution in [0.25, 0.3) is 0 Å². The number of esters is 3. The van der Waals surface area contributed by atoms with Gasteiger partial charge in [-0.3, -0.25) is 14.4 Å². The summed E-state index contributed by atoms with van der Waals surface area (Å²) < 4.78 is 16.4. The Morgan fingerprint density at radius 1 is 0.297 bits per heavy atom. The molecule has 0 aromatic heterocycles. The summed E-state index contributed by atoms with van der Waals surface area (Å²) in [6.45, 7) is 10.3. The Balaban J connectivity index is -0.000000473. The quantitative estimate of drug-likeness (QED) is 0.0141. The molecule has 6 nitrogen and oxygen atoms in total. The Kier molecular flexibility index (Phi) is 85.3. The molecule has 0 aromatic carbocycles. The van der Waals surface area contributed by atoms with E-state index in [-0.39, 0.29) is 17.9 Å². The molecule has 0 bridgehead atoms. The number of allylic oxidation sites excluding steroid dienone is 6. The first-order valence-corrected chi connectivity index (χ1v) is 35.5. The van der Waals surface area contributed by atoms with Crippen LogP contribution in [-0.2, 0) is 28.6 Å². The van der Waals surface area contributed by atoms with Gasteiger partial charge in [-0.2, -0.15) is 37.9 Å². The van der Waals surface area contributed by atoms with E-state index in [9.17, 15) is 14.4 Å². The van der Waals surface area contributed by atoms with Gasteiger partial charge in [0.2, 0.25) is 0 Å². The fourth-order valence-electron chi connectivity index (χ4n) is 7.92. The molecule has 0 rings (SSSR count). The molecule has 0 unspecified atom stereocenters. The Morgan fingerprint density at radius 2 is 0.486 bits per heavy atom. The molecule has 0 aliphatic carbocycles. The zero-order valence-electron chi connectivity index (χ0n) is 49.4. The zero-order chi connectivity index (χ0) is 55.2. The molecule has 0 heterocycles. The molecule has 0 aromatic rings. The minimum absolute atomic E-state index is 0.0725. The van der Waals surface area contributed by atoms with E-state index in [0.29, 0.717) is 56.3 Å². The van der Waals surface area contributed by atoms with Crippen molar-refractivity contribution in [3.05, 3.63) is 36.5 Å². The first-order valence-electron chi connectivity index (χ1n) is 31.3. The summed E-state index contributed by atoms with van der Waals surface area (Å²) in [5.74, 6) is 1.61. The van der Waals surface area contributed by atoms with Gasteiger partial charge in [0, 0.05) is 36.5 Å². The molecule has 0 amide bonds. The van der Waals surface area contributed by atoms with Crippen LogP contribution in [0.2, 0.25) is 4.44 Å². The number of carbonyl (C=O) groups is 3. The topological polar surface area (TPSA) is 78.9 Å². The van der Waals surface area contributed by atoms with Crippen LogP contribution in [0.4, 0.5) is 0 Å². The fourth-order valence-corrected chi connectivity index (χ4v) is 9.36. The van der Waals surface area contributed by atoms with Crippen LogP contribution in [-0.4, -0.2) is 77.5 Å². The van der Waals surface area contributed by atoms with Crippen molar-refractivity contribution in [3.63, 3.8) is 0 Å². The van der Waals surface area contributed by atoms with Gasteiger partial charge >= 0.3 is 64.6 Å². The molecule has 2 radical (unpaired) electrons. The van der Waals surface area contributed by atoms with Crippen LogP contribution in [0, 0.1) is 0 Å². The Hall–Kier alpha value is -0.521. The number of rotatable bonds is 53. The summed E-state index contributed by atoms with van der Waals surface area (Å²) >= 11 is 13.5. The SMILES string of the molecule is CCCCCCCC/C=C\CCCCCCCC(=O)OCCS.CCCCCCCC/C=C\CCCCCCCC(=O)OCCS.CCCCCCCC/C=C\CCCCCCCC(=O)OCCS.CCC[CH2][SnH]. The monoisotopic (exact) mass is 1200 g/mol. The third-order valence-electron chi connectivity index (χ3n) is 12.5. The molecule has 0 fully saturated rings. The average molecular weight is 1200 g/mol. The number of hydrogen-bond acceptors (Lipinski definition) is 9. The van der Waals surface area contributed by atoms with Crippen LogP contribution in [0.15, 0.2) is 36.5 Å². The van der Waals surface area contributed by atoms with Crippen LogP contribution in [0.1, 0.15) is 310 Å². The molecule has 0 atom stereocenters. The van der Waals surface area contributed by atoms with Crippen molar-refractivity contribution in [1.82, 2.24) is 0 Å². The third kappa shape index (κ3) is 85.4. The first-order chi connectivity index (χ1) is 36.3. The molecule has 0 saturated carbocycles. The molecule has 10 heteroatoms. The third-order valence-corrected chi connectivity index (χ3v) is 14.3. The summed E-state index contributed by atoms with van der Waals surface area (Å²) in [4.78, 5) is 33.8. The Labute approximate surface area is 491 Å². The molecule has 0 aliphatic heterocycles. The van der Waals surface area contributed by atoms with Gasteiger partial charge in [0.1, 0.15) is 19.8 Å². The molecule has 438 valence electrons. The number of ether oxygens (including phenoxy) is 3. The summed E-state index contributed by atoms with van der Waals surface area (Å²) in [7, 11) is 0. The summed E-state index contributed by atoms with van der Waals surface area (Å²) in [6, 6.07) is 0. The van der Waals surface area contributed by atoms with Crippen LogP contribution in [0.3, 0.4) is 0 Å². The van der Waals surface area contributed by atoms with Crippen LogP contribution < -0.4 is 0 Å². The van der Waals surface area contributed by atoms with Gasteiger partial charge in [0.15, 0.2) is 0 Å². The van der Waals surface area contributed by atoms with E-state index in [2.05, 4.69) is 102 Å². The average Bonchev–Trinajstić information content (AvgIpc) is 3.40. The van der Waals surface area contributed by atoms with Gasteiger partial charge < -0.3 is 14.2 Å². The van der Waals surface area contributed by atoms with E-state index >= 15 is 0 Å². The molecule has 0 saturated heterocycles. The molecular formula is C64H124O6S3Sn. The fraction of sp³-hybridized carbons (Fsp3) is 0.859. The standard InChI is InChI=1S/3C20H38O2S.C4H9.Sn.H/c3*1-2-3-4-5-6-7-8-9-10-11-12-13-14-15-16-17-20(21)22-18-19-23;1-3-4-2;;/h3*9-10,23H,2-8,11-19H2,1H3;1,3-4H2,2H3;;/b3*10-9-;;;. The normalized spacial score (nSPS) is 11.0. The van der Waals surface area contributed by atoms with Crippen molar-refractivity contribution in [2.45, 2.75) is 315 Å². The molecule has 74 heavy (non-hydrogen) atoms. The Bertz CT molecular complexity index is 1020. The number of carbonyl (C=O) groups excluding carboxylic acids is 3. The van der Waals surface area contributed by atoms with Gasteiger partial charge in [-0.15, -0.1) is 0 Å². The van der Waals surface area contributed by atoms with E-state index in [1.807, 2.05) is 0 Å². The van der Waals surface area contributed by atoms with Crippen LogP contribution in [0.5, 0.6) is 0 Å². The van der Waals surface area contributed by atoms with Gasteiger partial charge in [-0.05, 0) is 96.3 Å². The van der Waals surface area contributed by atoms with E-state index < -0.39 is 0 Å². The predicted octanol–water partition coefficient (Wildman–Crippen LogP) is 20.6. The summed E-state index contributed by atoms with van der Waals surface area (Å²) in [6.07, 6.45) is 68.5. The van der Waals surface area contributed by atoms with Gasteiger partial charge in [-0.1, -0.05) is 211 Å². The van der Waals surface area contributed by atoms with E-state index in [0.717, 1.165) is 38.5 Å². The van der Waals surface area contributed by atoms with E-state index in [1.165, 1.54) is 252 Å². The number of unbranched alkanes of at least 4 members (excludes halogenated alkanes) is 34. The Morgan fingerprint density at radius 3 is 0.662 bits per heavy atom. The summed E-state index contributed by atoms with van der Waals surface area (Å²) in [5.41, 5.74) is 0. The summed E-state index contributed by atoms with van der Waals surface area (Å²) in [5, 5.41) is 0. The number of thiol groups is 3. The second-order valence-corrected chi connectivity index (χ2v) is 23.0. The predicted molar refractivity (Wildman–Crippen MR) is 340 cm³/mol. The van der Waals surface area contributed by atoms with E-state index in [4.69, 9.17) is 14.2 Å². The molecular weight excluding hydrogens is 1080 g/mol. The minimum atomic E-state index is -0.0725. The van der Waals surface area contributed by atoms with Crippen molar-refractivity contribution < 1.29 is 28.6 Å². The maximum atomic E-state index is 11.3. The molecule has 0 N–H and O–H groups in total. The van der Waals surface area contributed by atoms with Crippen LogP contribution >= 0.6 is 37.9 Å². The number of hydrogen-bond donors (Lipinski definition) is 3. The van der Waals surface area contributed by atoms with Crippen molar-refractivity contribution in [3.8, 4) is 0 Å². The van der Waals surface area contributed by atoms with Gasteiger partial charge in [0.05, 0.1) is 0 Å². The van der Waals surface area contributed by atoms with Gasteiger partial charge in [-0.25, -0.2) is 0 Å². The van der Waals surface area contributed by atoms with Crippen molar-refractivity contribution in [2.75, 3.05) is 37.1 Å². The van der Waals surface area contributed by atoms with Crippen molar-refractivity contribution >= 4 is 78.3 Å².